The molecule has 2 saturated carbocycles. The van der Waals surface area contributed by atoms with Gasteiger partial charge in [-0.25, -0.2) is 4.39 Å². The normalized spacial score (nSPS) is 25.8. The van der Waals surface area contributed by atoms with Crippen molar-refractivity contribution < 1.29 is 18.7 Å². The number of anilines is 1. The molecule has 3 aromatic rings. The maximum atomic E-state index is 13.2. The van der Waals surface area contributed by atoms with Crippen molar-refractivity contribution in [3.63, 3.8) is 0 Å². The molecular weight excluding hydrogens is 499 g/mol. The number of hydrogen-bond donors (Lipinski definition) is 1. The highest BCUT2D eigenvalue weighted by molar-refractivity contribution is 8.00. The molecule has 1 aromatic heterocycles. The number of amides is 1. The second-order valence-corrected chi connectivity index (χ2v) is 11.9. The number of nitrogens with one attached hydrogen (secondary N) is 1. The Bertz CT molecular complexity index is 1370. The lowest BCUT2D eigenvalue weighted by molar-refractivity contribution is -0.116. The van der Waals surface area contributed by atoms with Crippen LogP contribution in [-0.2, 0) is 11.3 Å². The molecule has 3 aliphatic rings. The van der Waals surface area contributed by atoms with Crippen molar-refractivity contribution in [2.75, 3.05) is 19.5 Å². The zero-order chi connectivity index (χ0) is 25.0. The van der Waals surface area contributed by atoms with Gasteiger partial charge in [0, 0.05) is 21.7 Å². The van der Waals surface area contributed by atoms with Gasteiger partial charge in [0.2, 0.25) is 5.91 Å². The number of nitrogens with zero attached hydrogens (tertiary/aromatic N) is 1. The number of fused-ring (bicyclic) bond motifs is 6. The lowest BCUT2D eigenvalue weighted by atomic mass is 9.75. The van der Waals surface area contributed by atoms with Crippen molar-refractivity contribution in [3.05, 3.63) is 68.4 Å². The summed E-state index contributed by atoms with van der Waals surface area (Å²) in [5.74, 6) is 2.51. The van der Waals surface area contributed by atoms with Crippen LogP contribution >= 0.6 is 23.1 Å². The van der Waals surface area contributed by atoms with Crippen LogP contribution in [0.2, 0.25) is 0 Å². The SMILES string of the molecule is COc1ccc([C@H]2c3sc(=O)n(CC(=O)Nc4ccc(F)cc4)c3SC3C4CCC(C4)C32)cc1OC. The molecule has 0 spiro atoms. The Morgan fingerprint density at radius 2 is 1.83 bits per heavy atom. The number of ether oxygens (including phenoxy) is 2. The first-order chi connectivity index (χ1) is 17.5. The summed E-state index contributed by atoms with van der Waals surface area (Å²) in [5.41, 5.74) is 1.63. The number of carbonyl (C=O) groups excluding carboxylic acids is 1. The Morgan fingerprint density at radius 1 is 1.08 bits per heavy atom. The number of rotatable bonds is 6. The van der Waals surface area contributed by atoms with E-state index in [2.05, 4.69) is 11.4 Å². The van der Waals surface area contributed by atoms with E-state index in [0.29, 0.717) is 40.2 Å². The first-order valence-corrected chi connectivity index (χ1v) is 13.8. The molecule has 6 rings (SSSR count). The van der Waals surface area contributed by atoms with Gasteiger partial charge in [0.05, 0.1) is 19.2 Å². The second-order valence-electron chi connectivity index (χ2n) is 9.76. The summed E-state index contributed by atoms with van der Waals surface area (Å²) >= 11 is 3.05. The van der Waals surface area contributed by atoms with Gasteiger partial charge in [-0.2, -0.15) is 0 Å². The molecule has 36 heavy (non-hydrogen) atoms. The van der Waals surface area contributed by atoms with E-state index in [1.165, 1.54) is 54.9 Å². The number of thioether (sulfide) groups is 1. The fraction of sp³-hybridized carbons (Fsp3) is 0.407. The van der Waals surface area contributed by atoms with Crippen molar-refractivity contribution in [1.82, 2.24) is 4.57 Å². The summed E-state index contributed by atoms with van der Waals surface area (Å²) in [7, 11) is 3.26. The van der Waals surface area contributed by atoms with Crippen LogP contribution < -0.4 is 19.7 Å². The molecule has 2 heterocycles. The average molecular weight is 527 g/mol. The Morgan fingerprint density at radius 3 is 2.58 bits per heavy atom. The summed E-state index contributed by atoms with van der Waals surface area (Å²) < 4.78 is 25.9. The van der Waals surface area contributed by atoms with Crippen LogP contribution in [0.1, 0.15) is 35.6 Å². The third-order valence-electron chi connectivity index (χ3n) is 7.89. The molecule has 0 saturated heterocycles. The smallest absolute Gasteiger partial charge is 0.308 e. The number of aromatic nitrogens is 1. The van der Waals surface area contributed by atoms with Gasteiger partial charge in [0.25, 0.3) is 0 Å². The largest absolute Gasteiger partial charge is 0.493 e. The minimum Gasteiger partial charge on any atom is -0.493 e. The van der Waals surface area contributed by atoms with E-state index in [-0.39, 0.29) is 29.1 Å². The zero-order valence-corrected chi connectivity index (χ0v) is 21.7. The number of carbonyl (C=O) groups is 1. The molecule has 1 N–H and O–H groups in total. The first-order valence-electron chi connectivity index (χ1n) is 12.1. The van der Waals surface area contributed by atoms with Gasteiger partial charge >= 0.3 is 4.87 Å². The molecule has 4 unspecified atom stereocenters. The Labute approximate surface area is 216 Å². The maximum Gasteiger partial charge on any atom is 0.308 e. The Balaban J connectivity index is 1.38. The fourth-order valence-electron chi connectivity index (χ4n) is 6.38. The Kier molecular flexibility index (Phi) is 6.08. The lowest BCUT2D eigenvalue weighted by Crippen LogP contribution is -2.34. The van der Waals surface area contributed by atoms with Gasteiger partial charge < -0.3 is 14.8 Å². The van der Waals surface area contributed by atoms with Crippen LogP contribution in [0, 0.1) is 23.6 Å². The standard InChI is InChI=1S/C27H27FN2O4S2/c1-33-19-10-5-15(12-20(19)34-2)23-22-14-3-4-16(11-14)24(22)35-26-25(23)36-27(32)30(26)13-21(31)29-18-8-6-17(28)7-9-18/h5-10,12,14,16,22-24H,3-4,11,13H2,1-2H3,(H,29,31)/t14?,16?,22?,23-,24?/m1/s1. The fourth-order valence-corrected chi connectivity index (χ4v) is 9.53. The predicted octanol–water partition coefficient (Wildman–Crippen LogP) is 5.36. The van der Waals surface area contributed by atoms with Gasteiger partial charge in [-0.1, -0.05) is 17.4 Å². The van der Waals surface area contributed by atoms with E-state index in [9.17, 15) is 14.0 Å². The molecule has 9 heteroatoms. The summed E-state index contributed by atoms with van der Waals surface area (Å²) in [5, 5.41) is 4.12. The van der Waals surface area contributed by atoms with E-state index < -0.39 is 0 Å². The van der Waals surface area contributed by atoms with Crippen LogP contribution in [0.5, 0.6) is 11.5 Å². The van der Waals surface area contributed by atoms with Gasteiger partial charge in [-0.15, -0.1) is 11.8 Å². The predicted molar refractivity (Wildman–Crippen MR) is 139 cm³/mol. The monoisotopic (exact) mass is 526 g/mol. The van der Waals surface area contributed by atoms with Crippen LogP contribution in [0.25, 0.3) is 0 Å². The highest BCUT2D eigenvalue weighted by Crippen LogP contribution is 2.64. The highest BCUT2D eigenvalue weighted by Gasteiger charge is 2.55. The van der Waals surface area contributed by atoms with Crippen molar-refractivity contribution in [3.8, 4) is 11.5 Å². The molecule has 6 nitrogen and oxygen atoms in total. The van der Waals surface area contributed by atoms with E-state index in [0.717, 1.165) is 15.5 Å². The van der Waals surface area contributed by atoms with E-state index >= 15 is 0 Å². The van der Waals surface area contributed by atoms with Crippen LogP contribution in [0.3, 0.4) is 0 Å². The highest BCUT2D eigenvalue weighted by atomic mass is 32.2. The summed E-state index contributed by atoms with van der Waals surface area (Å²) in [6, 6.07) is 11.7. The van der Waals surface area contributed by atoms with Crippen LogP contribution in [0.15, 0.2) is 52.3 Å². The first kappa shape index (κ1) is 23.6. The van der Waals surface area contributed by atoms with Gasteiger partial charge in [-0.3, -0.25) is 14.2 Å². The van der Waals surface area contributed by atoms with Gasteiger partial charge in [-0.05, 0) is 79.0 Å². The molecular formula is C27H27FN2O4S2. The average Bonchev–Trinajstić information content (AvgIpc) is 3.58. The number of methoxy groups -OCH3 is 2. The third kappa shape index (κ3) is 3.93. The second kappa shape index (κ2) is 9.27. The molecule has 2 aromatic carbocycles. The van der Waals surface area contributed by atoms with E-state index in [1.807, 2.05) is 12.1 Å². The summed E-state index contributed by atoms with van der Waals surface area (Å²) in [4.78, 5) is 27.0. The summed E-state index contributed by atoms with van der Waals surface area (Å²) in [6.45, 7) is -0.0703. The molecule has 2 fully saturated rings. The van der Waals surface area contributed by atoms with E-state index in [1.54, 1.807) is 30.5 Å². The Hall–Kier alpha value is -2.78. The summed E-state index contributed by atoms with van der Waals surface area (Å²) in [6.07, 6.45) is 3.70. The van der Waals surface area contributed by atoms with Crippen molar-refractivity contribution in [1.29, 1.82) is 0 Å². The minimum atomic E-state index is -0.367. The maximum absolute atomic E-state index is 13.2. The topological polar surface area (TPSA) is 69.6 Å². The molecule has 5 atom stereocenters. The molecule has 2 aliphatic carbocycles. The van der Waals surface area contributed by atoms with E-state index in [4.69, 9.17) is 9.47 Å². The van der Waals surface area contributed by atoms with Crippen molar-refractivity contribution >= 4 is 34.7 Å². The van der Waals surface area contributed by atoms with Crippen molar-refractivity contribution in [2.24, 2.45) is 17.8 Å². The third-order valence-corrected chi connectivity index (χ3v) is 10.7. The molecule has 1 amide bonds. The number of hydrogen-bond acceptors (Lipinski definition) is 6. The van der Waals surface area contributed by atoms with Crippen molar-refractivity contribution in [2.45, 2.75) is 42.0 Å². The molecule has 1 aliphatic heterocycles. The quantitative estimate of drug-likeness (QED) is 0.469. The minimum absolute atomic E-state index is 0.0703. The van der Waals surface area contributed by atoms with Gasteiger partial charge in [0.15, 0.2) is 11.5 Å². The van der Waals surface area contributed by atoms with Crippen LogP contribution in [0.4, 0.5) is 10.1 Å². The van der Waals surface area contributed by atoms with Crippen LogP contribution in [-0.4, -0.2) is 29.9 Å². The molecule has 2 bridgehead atoms. The number of thiazole rings is 1. The zero-order valence-electron chi connectivity index (χ0n) is 20.0. The lowest BCUT2D eigenvalue weighted by Gasteiger charge is -2.40. The van der Waals surface area contributed by atoms with Gasteiger partial charge in [0.1, 0.15) is 12.4 Å². The number of halogens is 1. The molecule has 188 valence electrons. The molecule has 0 radical (unpaired) electrons. The number of benzene rings is 2.